The van der Waals surface area contributed by atoms with Gasteiger partial charge >= 0.3 is 5.97 Å². The molecule has 162 valence electrons. The Morgan fingerprint density at radius 3 is 2.31 bits per heavy atom. The van der Waals surface area contributed by atoms with Crippen molar-refractivity contribution in [3.8, 4) is 34.6 Å². The monoisotopic (exact) mass is 450 g/mol. The molecule has 9 nitrogen and oxygen atoms in total. The van der Waals surface area contributed by atoms with Crippen molar-refractivity contribution >= 4 is 27.6 Å². The van der Waals surface area contributed by atoms with Crippen molar-refractivity contribution in [2.45, 2.75) is 11.3 Å². The highest BCUT2D eigenvalue weighted by Gasteiger charge is 2.31. The number of primary sulfonamides is 1. The van der Waals surface area contributed by atoms with E-state index in [9.17, 15) is 23.1 Å². The summed E-state index contributed by atoms with van der Waals surface area (Å²) in [5, 5.41) is 15.2. The van der Waals surface area contributed by atoms with Crippen LogP contribution in [-0.2, 0) is 16.4 Å². The third-order valence-electron chi connectivity index (χ3n) is 4.74. The number of primary amides is 1. The molecule has 0 atom stereocenters. The van der Waals surface area contributed by atoms with Crippen molar-refractivity contribution in [1.82, 2.24) is 4.98 Å². The van der Waals surface area contributed by atoms with Crippen LogP contribution in [0.1, 0.15) is 26.4 Å². The lowest BCUT2D eigenvalue weighted by molar-refractivity contribution is 0.0691. The maximum atomic E-state index is 12.6. The molecule has 0 spiro atoms. The first-order valence-corrected chi connectivity index (χ1v) is 10.6. The van der Waals surface area contributed by atoms with Gasteiger partial charge in [0.05, 0.1) is 11.3 Å². The zero-order valence-corrected chi connectivity index (χ0v) is 17.4. The number of amides is 1. The van der Waals surface area contributed by atoms with E-state index in [2.05, 4.69) is 10.9 Å². The van der Waals surface area contributed by atoms with E-state index in [4.69, 9.17) is 23.0 Å². The van der Waals surface area contributed by atoms with Gasteiger partial charge in [-0.1, -0.05) is 30.3 Å². The van der Waals surface area contributed by atoms with Gasteiger partial charge in [-0.05, 0) is 23.3 Å². The second-order valence-electron chi connectivity index (χ2n) is 6.74. The normalized spacial score (nSPS) is 11.0. The Balaban J connectivity index is 2.63. The van der Waals surface area contributed by atoms with Crippen LogP contribution in [0.5, 0.6) is 0 Å². The number of hydrogen-bond acceptors (Lipinski definition) is 6. The summed E-state index contributed by atoms with van der Waals surface area (Å²) < 4.78 is 25.2. The number of sulfonamides is 1. The summed E-state index contributed by atoms with van der Waals surface area (Å²) in [7, 11) is -4.61. The number of benzene rings is 2. The molecule has 1 heterocycles. The van der Waals surface area contributed by atoms with Gasteiger partial charge in [0.1, 0.15) is 4.90 Å². The van der Waals surface area contributed by atoms with Crippen LogP contribution < -0.4 is 16.6 Å². The molecule has 0 aliphatic heterocycles. The Kier molecular flexibility index (Phi) is 5.98. The zero-order chi connectivity index (χ0) is 23.6. The van der Waals surface area contributed by atoms with Crippen molar-refractivity contribution < 1.29 is 23.1 Å². The number of carbonyl (C=O) groups is 2. The van der Waals surface area contributed by atoms with Gasteiger partial charge in [-0.15, -0.1) is 12.3 Å². The SMILES string of the molecule is C#CCc1ccnc(C(=O)O)c1-c1cc(-c2ccccc2)c(N)c(C(N)=O)c1S(N)(=O)=O. The van der Waals surface area contributed by atoms with Crippen LogP contribution in [0.2, 0.25) is 0 Å². The molecule has 0 unspecified atom stereocenters. The minimum atomic E-state index is -4.61. The number of carboxylic acids is 1. The number of aromatic carboxylic acids is 1. The Morgan fingerprint density at radius 2 is 1.78 bits per heavy atom. The van der Waals surface area contributed by atoms with E-state index in [0.29, 0.717) is 11.1 Å². The lowest BCUT2D eigenvalue weighted by atomic mass is 9.90. The van der Waals surface area contributed by atoms with Gasteiger partial charge in [0.15, 0.2) is 5.69 Å². The van der Waals surface area contributed by atoms with Crippen LogP contribution in [0, 0.1) is 12.3 Å². The smallest absolute Gasteiger partial charge is 0.355 e. The molecule has 3 rings (SSSR count). The molecule has 32 heavy (non-hydrogen) atoms. The molecule has 1 amide bonds. The average Bonchev–Trinajstić information content (AvgIpc) is 2.73. The molecular weight excluding hydrogens is 432 g/mol. The molecule has 0 bridgehead atoms. The van der Waals surface area contributed by atoms with E-state index in [0.717, 1.165) is 0 Å². The number of nitrogen functional groups attached to an aromatic ring is 1. The molecule has 0 saturated heterocycles. The Hall–Kier alpha value is -4.20. The quantitative estimate of drug-likeness (QED) is 0.325. The van der Waals surface area contributed by atoms with E-state index in [1.54, 1.807) is 30.3 Å². The number of carboxylic acid groups (broad SMARTS) is 1. The second-order valence-corrected chi connectivity index (χ2v) is 8.24. The average molecular weight is 450 g/mol. The summed E-state index contributed by atoms with van der Waals surface area (Å²) in [5.74, 6) is -0.185. The fourth-order valence-corrected chi connectivity index (χ4v) is 4.45. The largest absolute Gasteiger partial charge is 0.476 e. The summed E-state index contributed by atoms with van der Waals surface area (Å²) in [4.78, 5) is 27.5. The number of anilines is 1. The molecule has 0 radical (unpaired) electrons. The molecule has 3 aromatic rings. The molecule has 0 aliphatic carbocycles. The summed E-state index contributed by atoms with van der Waals surface area (Å²) in [6.07, 6.45) is 6.62. The van der Waals surface area contributed by atoms with E-state index in [1.165, 1.54) is 18.3 Å². The number of carbonyl (C=O) groups excluding carboxylic acids is 1. The topological polar surface area (TPSA) is 179 Å². The van der Waals surface area contributed by atoms with Gasteiger partial charge in [0.25, 0.3) is 5.91 Å². The van der Waals surface area contributed by atoms with Crippen molar-refractivity contribution in [1.29, 1.82) is 0 Å². The molecule has 0 fully saturated rings. The number of hydrogen-bond donors (Lipinski definition) is 4. The van der Waals surface area contributed by atoms with E-state index in [1.807, 2.05) is 0 Å². The Morgan fingerprint density at radius 1 is 1.12 bits per heavy atom. The molecule has 0 aliphatic rings. The standard InChI is InChI=1S/C22H18N4O5S/c1-2-6-13-9-10-26-19(22(28)29)16(13)15-11-14(12-7-4-3-5-8-12)18(23)17(21(24)27)20(15)32(25,30)31/h1,3-5,7-11H,6,23H2,(H2,24,27)(H,28,29)(H2,25,30,31). The second kappa shape index (κ2) is 8.50. The van der Waals surface area contributed by atoms with Gasteiger partial charge in [-0.3, -0.25) is 4.79 Å². The predicted molar refractivity (Wildman–Crippen MR) is 119 cm³/mol. The lowest BCUT2D eigenvalue weighted by Crippen LogP contribution is -2.24. The van der Waals surface area contributed by atoms with Crippen molar-refractivity contribution in [3.63, 3.8) is 0 Å². The minimum absolute atomic E-state index is 0.0425. The van der Waals surface area contributed by atoms with Gasteiger partial charge in [-0.25, -0.2) is 23.3 Å². The summed E-state index contributed by atoms with van der Waals surface area (Å²) in [5.41, 5.74) is 11.2. The van der Waals surface area contributed by atoms with Crippen LogP contribution in [0.4, 0.5) is 5.69 Å². The minimum Gasteiger partial charge on any atom is -0.476 e. The summed E-state index contributed by atoms with van der Waals surface area (Å²) in [6.45, 7) is 0. The summed E-state index contributed by atoms with van der Waals surface area (Å²) >= 11 is 0. The number of aromatic nitrogens is 1. The zero-order valence-electron chi connectivity index (χ0n) is 16.6. The van der Waals surface area contributed by atoms with Gasteiger partial charge in [-0.2, -0.15) is 0 Å². The van der Waals surface area contributed by atoms with Crippen molar-refractivity contribution in [2.24, 2.45) is 10.9 Å². The van der Waals surface area contributed by atoms with Crippen LogP contribution in [0.3, 0.4) is 0 Å². The Labute approximate surface area is 183 Å². The third-order valence-corrected chi connectivity index (χ3v) is 5.73. The number of terminal acetylenes is 1. The first-order valence-electron chi connectivity index (χ1n) is 9.07. The molecule has 1 aromatic heterocycles. The number of rotatable bonds is 6. The van der Waals surface area contributed by atoms with Crippen LogP contribution in [-0.4, -0.2) is 30.4 Å². The number of nitrogens with two attached hydrogens (primary N) is 3. The first-order chi connectivity index (χ1) is 15.1. The van der Waals surface area contributed by atoms with Crippen LogP contribution in [0.25, 0.3) is 22.3 Å². The van der Waals surface area contributed by atoms with Gasteiger partial charge < -0.3 is 16.6 Å². The molecule has 10 heteroatoms. The molecule has 2 aromatic carbocycles. The van der Waals surface area contributed by atoms with Crippen LogP contribution in [0.15, 0.2) is 53.6 Å². The van der Waals surface area contributed by atoms with Crippen molar-refractivity contribution in [3.05, 3.63) is 65.5 Å². The molecule has 0 saturated carbocycles. The fourth-order valence-electron chi connectivity index (χ4n) is 3.48. The summed E-state index contributed by atoms with van der Waals surface area (Å²) in [6, 6.07) is 11.3. The molecular formula is C22H18N4O5S. The third kappa shape index (κ3) is 4.02. The maximum absolute atomic E-state index is 12.6. The van der Waals surface area contributed by atoms with E-state index < -0.39 is 38.1 Å². The van der Waals surface area contributed by atoms with E-state index >= 15 is 0 Å². The maximum Gasteiger partial charge on any atom is 0.355 e. The number of nitrogens with zero attached hydrogens (tertiary/aromatic N) is 1. The highest BCUT2D eigenvalue weighted by Crippen LogP contribution is 2.41. The predicted octanol–water partition coefficient (Wildman–Crippen LogP) is 1.62. The van der Waals surface area contributed by atoms with Gasteiger partial charge in [0, 0.05) is 29.3 Å². The fraction of sp³-hybridized carbons (Fsp3) is 0.0455. The van der Waals surface area contributed by atoms with E-state index in [-0.39, 0.29) is 28.8 Å². The Bertz CT molecular complexity index is 1390. The van der Waals surface area contributed by atoms with Gasteiger partial charge in [0.2, 0.25) is 10.0 Å². The van der Waals surface area contributed by atoms with Crippen LogP contribution >= 0.6 is 0 Å². The highest BCUT2D eigenvalue weighted by molar-refractivity contribution is 7.89. The first kappa shape index (κ1) is 22.5. The molecule has 7 N–H and O–H groups in total. The van der Waals surface area contributed by atoms with Crippen molar-refractivity contribution in [2.75, 3.05) is 5.73 Å². The number of pyridine rings is 1. The lowest BCUT2D eigenvalue weighted by Gasteiger charge is -2.20. The highest BCUT2D eigenvalue weighted by atomic mass is 32.2.